The molecule has 1 heterocycles. The van der Waals surface area contributed by atoms with Gasteiger partial charge in [-0.2, -0.15) is 0 Å². The first-order chi connectivity index (χ1) is 12.2. The van der Waals surface area contributed by atoms with E-state index in [1.165, 1.54) is 5.56 Å². The molecule has 0 atom stereocenters. The zero-order chi connectivity index (χ0) is 17.6. The van der Waals surface area contributed by atoms with Crippen molar-refractivity contribution in [3.63, 3.8) is 0 Å². The highest BCUT2D eigenvalue weighted by Crippen LogP contribution is 2.25. The van der Waals surface area contributed by atoms with Crippen LogP contribution in [0.25, 0.3) is 22.2 Å². The SMILES string of the molecule is COCCCNC(=O)c1cc(-c2ccc(C)cc2)nc2ccccc12. The molecular formula is C21H22N2O2. The number of ether oxygens (including phenoxy) is 1. The van der Waals surface area contributed by atoms with E-state index < -0.39 is 0 Å². The number of carbonyl (C=O) groups excluding carboxylic acids is 1. The maximum atomic E-state index is 12.7. The number of aromatic nitrogens is 1. The van der Waals surface area contributed by atoms with Crippen molar-refractivity contribution >= 4 is 16.8 Å². The number of fused-ring (bicyclic) bond motifs is 1. The summed E-state index contributed by atoms with van der Waals surface area (Å²) < 4.78 is 5.02. The Bertz CT molecular complexity index is 873. The van der Waals surface area contributed by atoms with Gasteiger partial charge >= 0.3 is 0 Å². The summed E-state index contributed by atoms with van der Waals surface area (Å²) in [6, 6.07) is 17.8. The van der Waals surface area contributed by atoms with E-state index in [0.29, 0.717) is 18.7 Å². The van der Waals surface area contributed by atoms with Crippen molar-refractivity contribution in [1.82, 2.24) is 10.3 Å². The fourth-order valence-corrected chi connectivity index (χ4v) is 2.75. The zero-order valence-corrected chi connectivity index (χ0v) is 14.6. The van der Waals surface area contributed by atoms with Gasteiger partial charge in [-0.3, -0.25) is 4.79 Å². The molecule has 0 unspecified atom stereocenters. The molecule has 0 saturated heterocycles. The number of nitrogens with one attached hydrogen (secondary N) is 1. The number of nitrogens with zero attached hydrogens (tertiary/aromatic N) is 1. The lowest BCUT2D eigenvalue weighted by atomic mass is 10.0. The predicted octanol–water partition coefficient (Wildman–Crippen LogP) is 3.98. The van der Waals surface area contributed by atoms with E-state index in [9.17, 15) is 4.79 Å². The summed E-state index contributed by atoms with van der Waals surface area (Å²) in [5.74, 6) is -0.0805. The van der Waals surface area contributed by atoms with Crippen LogP contribution < -0.4 is 5.32 Å². The quantitative estimate of drug-likeness (QED) is 0.694. The van der Waals surface area contributed by atoms with E-state index in [1.807, 2.05) is 42.5 Å². The monoisotopic (exact) mass is 334 g/mol. The molecule has 0 radical (unpaired) electrons. The second kappa shape index (κ2) is 7.90. The van der Waals surface area contributed by atoms with Gasteiger partial charge in [0, 0.05) is 31.2 Å². The largest absolute Gasteiger partial charge is 0.385 e. The number of para-hydroxylation sites is 1. The number of pyridine rings is 1. The van der Waals surface area contributed by atoms with E-state index in [1.54, 1.807) is 7.11 Å². The first kappa shape index (κ1) is 17.1. The number of rotatable bonds is 6. The third-order valence-corrected chi connectivity index (χ3v) is 4.12. The molecular weight excluding hydrogens is 312 g/mol. The number of benzene rings is 2. The van der Waals surface area contributed by atoms with Crippen molar-refractivity contribution in [2.45, 2.75) is 13.3 Å². The standard InChI is InChI=1S/C21H22N2O2/c1-15-8-10-16(11-9-15)20-14-18(21(24)22-12-5-13-25-2)17-6-3-4-7-19(17)23-20/h3-4,6-11,14H,5,12-13H2,1-2H3,(H,22,24). The van der Waals surface area contributed by atoms with Crippen LogP contribution in [0.4, 0.5) is 0 Å². The Hall–Kier alpha value is -2.72. The molecule has 0 aliphatic rings. The van der Waals surface area contributed by atoms with E-state index in [-0.39, 0.29) is 5.91 Å². The molecule has 4 heteroatoms. The highest BCUT2D eigenvalue weighted by molar-refractivity contribution is 6.07. The third-order valence-electron chi connectivity index (χ3n) is 4.12. The van der Waals surface area contributed by atoms with Crippen LogP contribution in [-0.2, 0) is 4.74 Å². The molecule has 3 rings (SSSR count). The average Bonchev–Trinajstić information content (AvgIpc) is 2.65. The molecule has 0 bridgehead atoms. The van der Waals surface area contributed by atoms with Crippen molar-refractivity contribution in [1.29, 1.82) is 0 Å². The summed E-state index contributed by atoms with van der Waals surface area (Å²) in [4.78, 5) is 17.4. The molecule has 4 nitrogen and oxygen atoms in total. The summed E-state index contributed by atoms with van der Waals surface area (Å²) in [5, 5.41) is 3.83. The van der Waals surface area contributed by atoms with Crippen LogP contribution in [0.2, 0.25) is 0 Å². The number of hydrogen-bond acceptors (Lipinski definition) is 3. The van der Waals surface area contributed by atoms with Crippen LogP contribution >= 0.6 is 0 Å². The Balaban J connectivity index is 1.98. The molecule has 1 N–H and O–H groups in total. The summed E-state index contributed by atoms with van der Waals surface area (Å²) in [6.45, 7) is 3.27. The fraction of sp³-hybridized carbons (Fsp3) is 0.238. The van der Waals surface area contributed by atoms with Crippen LogP contribution in [0.15, 0.2) is 54.6 Å². The van der Waals surface area contributed by atoms with Crippen molar-refractivity contribution in [2.75, 3.05) is 20.3 Å². The average molecular weight is 334 g/mol. The lowest BCUT2D eigenvalue weighted by Gasteiger charge is -2.11. The fourth-order valence-electron chi connectivity index (χ4n) is 2.75. The van der Waals surface area contributed by atoms with Crippen LogP contribution in [0.5, 0.6) is 0 Å². The topological polar surface area (TPSA) is 51.2 Å². The molecule has 3 aromatic rings. The van der Waals surface area contributed by atoms with Crippen molar-refractivity contribution < 1.29 is 9.53 Å². The van der Waals surface area contributed by atoms with Gasteiger partial charge in [-0.15, -0.1) is 0 Å². The van der Waals surface area contributed by atoms with E-state index in [4.69, 9.17) is 9.72 Å². The number of amides is 1. The molecule has 25 heavy (non-hydrogen) atoms. The second-order valence-electron chi connectivity index (χ2n) is 6.04. The Morgan fingerprint density at radius 3 is 2.64 bits per heavy atom. The molecule has 2 aromatic carbocycles. The van der Waals surface area contributed by atoms with Gasteiger partial charge in [0.25, 0.3) is 5.91 Å². The van der Waals surface area contributed by atoms with Crippen LogP contribution in [0.1, 0.15) is 22.3 Å². The third kappa shape index (κ3) is 4.03. The summed E-state index contributed by atoms with van der Waals surface area (Å²) in [6.07, 6.45) is 0.788. The van der Waals surface area contributed by atoms with Crippen LogP contribution in [-0.4, -0.2) is 31.2 Å². The van der Waals surface area contributed by atoms with Gasteiger partial charge in [0.15, 0.2) is 0 Å². The van der Waals surface area contributed by atoms with Gasteiger partial charge in [0.2, 0.25) is 0 Å². The summed E-state index contributed by atoms with van der Waals surface area (Å²) >= 11 is 0. The number of aryl methyl sites for hydroxylation is 1. The Kier molecular flexibility index (Phi) is 5.41. The van der Waals surface area contributed by atoms with Crippen LogP contribution in [0, 0.1) is 6.92 Å². The predicted molar refractivity (Wildman–Crippen MR) is 101 cm³/mol. The lowest BCUT2D eigenvalue weighted by Crippen LogP contribution is -2.25. The highest BCUT2D eigenvalue weighted by atomic mass is 16.5. The smallest absolute Gasteiger partial charge is 0.252 e. The van der Waals surface area contributed by atoms with Crippen LogP contribution in [0.3, 0.4) is 0 Å². The molecule has 0 saturated carbocycles. The number of carbonyl (C=O) groups is 1. The van der Waals surface area contributed by atoms with Gasteiger partial charge in [0.1, 0.15) is 0 Å². The first-order valence-electron chi connectivity index (χ1n) is 8.43. The van der Waals surface area contributed by atoms with Gasteiger partial charge in [0.05, 0.1) is 16.8 Å². The van der Waals surface area contributed by atoms with E-state index in [2.05, 4.69) is 24.4 Å². The van der Waals surface area contributed by atoms with Gasteiger partial charge in [-0.25, -0.2) is 4.98 Å². The molecule has 0 aliphatic heterocycles. The maximum Gasteiger partial charge on any atom is 0.252 e. The minimum absolute atomic E-state index is 0.0805. The van der Waals surface area contributed by atoms with Crippen molar-refractivity contribution in [2.24, 2.45) is 0 Å². The Morgan fingerprint density at radius 2 is 1.88 bits per heavy atom. The lowest BCUT2D eigenvalue weighted by molar-refractivity contribution is 0.0950. The minimum Gasteiger partial charge on any atom is -0.385 e. The molecule has 128 valence electrons. The van der Waals surface area contributed by atoms with E-state index >= 15 is 0 Å². The van der Waals surface area contributed by atoms with Gasteiger partial charge < -0.3 is 10.1 Å². The normalized spacial score (nSPS) is 10.8. The first-order valence-corrected chi connectivity index (χ1v) is 8.43. The molecule has 0 aliphatic carbocycles. The van der Waals surface area contributed by atoms with Gasteiger partial charge in [-0.1, -0.05) is 48.0 Å². The van der Waals surface area contributed by atoms with Gasteiger partial charge in [-0.05, 0) is 25.5 Å². The minimum atomic E-state index is -0.0805. The van der Waals surface area contributed by atoms with Crippen molar-refractivity contribution in [3.05, 3.63) is 65.7 Å². The molecule has 1 amide bonds. The Labute approximate surface area is 147 Å². The summed E-state index contributed by atoms with van der Waals surface area (Å²) in [7, 11) is 1.66. The molecule has 0 spiro atoms. The highest BCUT2D eigenvalue weighted by Gasteiger charge is 2.13. The summed E-state index contributed by atoms with van der Waals surface area (Å²) in [5.41, 5.74) is 4.48. The Morgan fingerprint density at radius 1 is 1.12 bits per heavy atom. The second-order valence-corrected chi connectivity index (χ2v) is 6.04. The number of methoxy groups -OCH3 is 1. The number of hydrogen-bond donors (Lipinski definition) is 1. The van der Waals surface area contributed by atoms with Crippen molar-refractivity contribution in [3.8, 4) is 11.3 Å². The van der Waals surface area contributed by atoms with E-state index in [0.717, 1.165) is 28.6 Å². The zero-order valence-electron chi connectivity index (χ0n) is 14.6. The maximum absolute atomic E-state index is 12.7. The molecule has 0 fully saturated rings. The molecule has 1 aromatic heterocycles.